The topological polar surface area (TPSA) is 29.9 Å². The molecule has 0 aliphatic heterocycles. The molecule has 0 amide bonds. The molecule has 0 aromatic carbocycles. The van der Waals surface area contributed by atoms with Crippen molar-refractivity contribution in [2.24, 2.45) is 0 Å². The van der Waals surface area contributed by atoms with Crippen LogP contribution in [0.15, 0.2) is 12.4 Å². The highest BCUT2D eigenvalue weighted by atomic mass is 15.2. The summed E-state index contributed by atoms with van der Waals surface area (Å²) in [4.78, 5) is 4.27. The van der Waals surface area contributed by atoms with Gasteiger partial charge in [-0.05, 0) is 27.2 Å². The van der Waals surface area contributed by atoms with Crippen LogP contribution in [-0.2, 0) is 6.54 Å². The molecule has 0 fully saturated rings. The summed E-state index contributed by atoms with van der Waals surface area (Å²) >= 11 is 0. The number of anilines is 1. The molecular formula is C10H19N3. The monoisotopic (exact) mass is 181 g/mol. The van der Waals surface area contributed by atoms with Crippen LogP contribution in [0.3, 0.4) is 0 Å². The molecule has 0 aliphatic carbocycles. The van der Waals surface area contributed by atoms with Gasteiger partial charge in [0.2, 0.25) is 5.95 Å². The van der Waals surface area contributed by atoms with Crippen LogP contribution in [0.25, 0.3) is 0 Å². The molecule has 0 radical (unpaired) electrons. The molecule has 1 rings (SSSR count). The van der Waals surface area contributed by atoms with E-state index in [2.05, 4.69) is 42.6 Å². The molecule has 0 atom stereocenters. The summed E-state index contributed by atoms with van der Waals surface area (Å²) in [5.41, 5.74) is 0.123. The molecule has 13 heavy (non-hydrogen) atoms. The van der Waals surface area contributed by atoms with Crippen molar-refractivity contribution >= 4 is 5.95 Å². The number of nitrogens with zero attached hydrogens (tertiary/aromatic N) is 2. The van der Waals surface area contributed by atoms with E-state index in [9.17, 15) is 0 Å². The summed E-state index contributed by atoms with van der Waals surface area (Å²) in [6, 6.07) is 0. The van der Waals surface area contributed by atoms with Crippen molar-refractivity contribution in [1.29, 1.82) is 0 Å². The molecule has 3 heteroatoms. The number of hydrogen-bond donors (Lipinski definition) is 1. The Kier molecular flexibility index (Phi) is 2.96. The molecule has 0 spiro atoms. The Morgan fingerprint density at radius 3 is 2.69 bits per heavy atom. The molecule has 1 aromatic heterocycles. The summed E-state index contributed by atoms with van der Waals surface area (Å²) < 4.78 is 2.11. The Bertz CT molecular complexity index is 263. The zero-order chi connectivity index (χ0) is 9.90. The SMILES string of the molecule is CCn1ccnc1NC(C)(C)CC. The molecule has 0 aliphatic rings. The largest absolute Gasteiger partial charge is 0.351 e. The smallest absolute Gasteiger partial charge is 0.203 e. The van der Waals surface area contributed by atoms with Crippen LogP contribution >= 0.6 is 0 Å². The fourth-order valence-corrected chi connectivity index (χ4v) is 1.08. The van der Waals surface area contributed by atoms with Gasteiger partial charge in [0.05, 0.1) is 0 Å². The van der Waals surface area contributed by atoms with E-state index >= 15 is 0 Å². The lowest BCUT2D eigenvalue weighted by Gasteiger charge is -2.25. The van der Waals surface area contributed by atoms with E-state index in [1.165, 1.54) is 0 Å². The summed E-state index contributed by atoms with van der Waals surface area (Å²) in [6.07, 6.45) is 4.91. The van der Waals surface area contributed by atoms with Crippen molar-refractivity contribution in [2.45, 2.75) is 46.2 Å². The molecule has 0 saturated carbocycles. The molecule has 1 aromatic rings. The van der Waals surface area contributed by atoms with Gasteiger partial charge in [-0.1, -0.05) is 6.92 Å². The second-order valence-corrected chi connectivity index (χ2v) is 3.90. The van der Waals surface area contributed by atoms with Crippen LogP contribution in [0, 0.1) is 0 Å². The highest BCUT2D eigenvalue weighted by molar-refractivity contribution is 5.29. The van der Waals surface area contributed by atoms with Gasteiger partial charge in [0.25, 0.3) is 0 Å². The van der Waals surface area contributed by atoms with Crippen molar-refractivity contribution in [1.82, 2.24) is 9.55 Å². The van der Waals surface area contributed by atoms with E-state index in [1.807, 2.05) is 12.4 Å². The number of imidazole rings is 1. The second-order valence-electron chi connectivity index (χ2n) is 3.90. The predicted octanol–water partition coefficient (Wildman–Crippen LogP) is 2.50. The van der Waals surface area contributed by atoms with E-state index in [-0.39, 0.29) is 5.54 Å². The van der Waals surface area contributed by atoms with Crippen LogP contribution in [-0.4, -0.2) is 15.1 Å². The minimum atomic E-state index is 0.123. The Morgan fingerprint density at radius 1 is 1.46 bits per heavy atom. The van der Waals surface area contributed by atoms with Gasteiger partial charge in [-0.25, -0.2) is 4.98 Å². The maximum absolute atomic E-state index is 4.27. The molecule has 0 saturated heterocycles. The van der Waals surface area contributed by atoms with Gasteiger partial charge in [-0.15, -0.1) is 0 Å². The normalized spacial score (nSPS) is 11.7. The highest BCUT2D eigenvalue weighted by Gasteiger charge is 2.16. The van der Waals surface area contributed by atoms with Gasteiger partial charge in [0.15, 0.2) is 0 Å². The molecule has 1 N–H and O–H groups in total. The number of nitrogens with one attached hydrogen (secondary N) is 1. The molecule has 3 nitrogen and oxygen atoms in total. The van der Waals surface area contributed by atoms with Crippen molar-refractivity contribution in [3.8, 4) is 0 Å². The van der Waals surface area contributed by atoms with Gasteiger partial charge in [0.1, 0.15) is 0 Å². The van der Waals surface area contributed by atoms with Gasteiger partial charge in [-0.3, -0.25) is 0 Å². The first-order valence-electron chi connectivity index (χ1n) is 4.88. The Hall–Kier alpha value is -0.990. The van der Waals surface area contributed by atoms with E-state index in [4.69, 9.17) is 0 Å². The average molecular weight is 181 g/mol. The quantitative estimate of drug-likeness (QED) is 0.773. The lowest BCUT2D eigenvalue weighted by atomic mass is 10.0. The zero-order valence-corrected chi connectivity index (χ0v) is 8.96. The fourth-order valence-electron chi connectivity index (χ4n) is 1.08. The van der Waals surface area contributed by atoms with Crippen LogP contribution in [0.1, 0.15) is 34.1 Å². The number of aryl methyl sites for hydroxylation is 1. The first-order chi connectivity index (χ1) is 6.09. The minimum absolute atomic E-state index is 0.123. The van der Waals surface area contributed by atoms with Crippen molar-refractivity contribution in [3.63, 3.8) is 0 Å². The van der Waals surface area contributed by atoms with Crippen molar-refractivity contribution < 1.29 is 0 Å². The first kappa shape index (κ1) is 10.1. The first-order valence-corrected chi connectivity index (χ1v) is 4.88. The Labute approximate surface area is 80.2 Å². The van der Waals surface area contributed by atoms with Crippen LogP contribution in [0.5, 0.6) is 0 Å². The number of hydrogen-bond acceptors (Lipinski definition) is 2. The molecule has 0 unspecified atom stereocenters. The Balaban J connectivity index is 2.73. The number of rotatable bonds is 4. The van der Waals surface area contributed by atoms with Gasteiger partial charge < -0.3 is 9.88 Å². The van der Waals surface area contributed by atoms with Gasteiger partial charge in [0, 0.05) is 24.5 Å². The summed E-state index contributed by atoms with van der Waals surface area (Å²) in [6.45, 7) is 9.61. The third-order valence-corrected chi connectivity index (χ3v) is 2.39. The fraction of sp³-hybridized carbons (Fsp3) is 0.700. The zero-order valence-electron chi connectivity index (χ0n) is 8.96. The van der Waals surface area contributed by atoms with E-state index in [1.54, 1.807) is 0 Å². The molecule has 74 valence electrons. The maximum atomic E-state index is 4.27. The highest BCUT2D eigenvalue weighted by Crippen LogP contribution is 2.15. The van der Waals surface area contributed by atoms with Crippen molar-refractivity contribution in [2.75, 3.05) is 5.32 Å². The summed E-state index contributed by atoms with van der Waals surface area (Å²) in [5.74, 6) is 0.967. The van der Waals surface area contributed by atoms with Crippen LogP contribution in [0.2, 0.25) is 0 Å². The summed E-state index contributed by atoms with van der Waals surface area (Å²) in [7, 11) is 0. The molecule has 1 heterocycles. The molecular weight excluding hydrogens is 162 g/mol. The van der Waals surface area contributed by atoms with Gasteiger partial charge >= 0.3 is 0 Å². The lowest BCUT2D eigenvalue weighted by molar-refractivity contribution is 0.536. The van der Waals surface area contributed by atoms with Crippen LogP contribution in [0.4, 0.5) is 5.95 Å². The second kappa shape index (κ2) is 3.81. The number of aromatic nitrogens is 2. The third-order valence-electron chi connectivity index (χ3n) is 2.39. The van der Waals surface area contributed by atoms with E-state index < -0.39 is 0 Å². The lowest BCUT2D eigenvalue weighted by Crippen LogP contribution is -2.31. The summed E-state index contributed by atoms with van der Waals surface area (Å²) in [5, 5.41) is 3.42. The van der Waals surface area contributed by atoms with Crippen LogP contribution < -0.4 is 5.32 Å². The average Bonchev–Trinajstić information content (AvgIpc) is 2.51. The predicted molar refractivity (Wildman–Crippen MR) is 55.9 cm³/mol. The Morgan fingerprint density at radius 2 is 2.15 bits per heavy atom. The van der Waals surface area contributed by atoms with E-state index in [0.717, 1.165) is 18.9 Å². The standard InChI is InChI=1S/C10H19N3/c1-5-10(3,4)12-9-11-7-8-13(9)6-2/h7-8H,5-6H2,1-4H3,(H,11,12). The third kappa shape index (κ3) is 2.47. The maximum Gasteiger partial charge on any atom is 0.203 e. The van der Waals surface area contributed by atoms with Crippen molar-refractivity contribution in [3.05, 3.63) is 12.4 Å². The van der Waals surface area contributed by atoms with Gasteiger partial charge in [-0.2, -0.15) is 0 Å². The minimum Gasteiger partial charge on any atom is -0.351 e. The molecule has 0 bridgehead atoms. The van der Waals surface area contributed by atoms with E-state index in [0.29, 0.717) is 0 Å².